The molecule has 8 heteroatoms. The fourth-order valence-electron chi connectivity index (χ4n) is 2.80. The molecule has 0 saturated heterocycles. The van der Waals surface area contributed by atoms with Crippen molar-refractivity contribution in [3.63, 3.8) is 0 Å². The van der Waals surface area contributed by atoms with Crippen LogP contribution in [0.5, 0.6) is 0 Å². The molecular weight excluding hydrogens is 384 g/mol. The van der Waals surface area contributed by atoms with Crippen LogP contribution in [0.1, 0.15) is 39.2 Å². The number of aliphatic hydroxyl groups excluding tert-OH is 1. The number of nitrogens with two attached hydrogens (primary N) is 2. The number of ketones is 1. The number of hydrogen-bond donors (Lipinski definition) is 5. The average molecular weight is 423 g/mol. The van der Waals surface area contributed by atoms with Gasteiger partial charge in [0.05, 0.1) is 12.6 Å². The molecule has 7 N–H and O–H groups in total. The summed E-state index contributed by atoms with van der Waals surface area (Å²) in [5.41, 5.74) is 12.4. The van der Waals surface area contributed by atoms with Gasteiger partial charge in [0, 0.05) is 18.9 Å². The maximum atomic E-state index is 12.1. The molecule has 1 aromatic carbocycles. The molecule has 0 bridgehead atoms. The highest BCUT2D eigenvalue weighted by Gasteiger charge is 2.22. The lowest BCUT2D eigenvalue weighted by atomic mass is 9.96. The zero-order chi connectivity index (χ0) is 22.9. The molecule has 1 rings (SSSR count). The molecule has 0 aliphatic rings. The van der Waals surface area contributed by atoms with Gasteiger partial charge in [0.25, 0.3) is 0 Å². The van der Waals surface area contributed by atoms with E-state index in [0.717, 1.165) is 5.56 Å². The van der Waals surface area contributed by atoms with E-state index < -0.39 is 11.9 Å². The molecule has 0 radical (unpaired) electrons. The minimum Gasteiger partial charge on any atom is -0.397 e. The maximum Gasteiger partial charge on any atom is 0.239 e. The van der Waals surface area contributed by atoms with E-state index in [2.05, 4.69) is 10.6 Å². The molecule has 0 aliphatic carbocycles. The van der Waals surface area contributed by atoms with Crippen molar-refractivity contribution in [2.24, 2.45) is 23.3 Å². The molecule has 0 saturated carbocycles. The Morgan fingerprint density at radius 1 is 1.07 bits per heavy atom. The van der Waals surface area contributed by atoms with Gasteiger partial charge in [0.15, 0.2) is 5.78 Å². The van der Waals surface area contributed by atoms with Crippen LogP contribution in [0.4, 0.5) is 0 Å². The largest absolute Gasteiger partial charge is 0.397 e. The molecular formula is C22H38N4O4. The summed E-state index contributed by atoms with van der Waals surface area (Å²) in [6.07, 6.45) is 1.33. The maximum absolute atomic E-state index is 12.1. The molecule has 0 heterocycles. The van der Waals surface area contributed by atoms with E-state index in [0.29, 0.717) is 25.9 Å². The Balaban J connectivity index is 0.00000263. The zero-order valence-electron chi connectivity index (χ0n) is 18.4. The summed E-state index contributed by atoms with van der Waals surface area (Å²) in [5, 5.41) is 12.8. The van der Waals surface area contributed by atoms with Crippen LogP contribution >= 0.6 is 0 Å². The van der Waals surface area contributed by atoms with Gasteiger partial charge in [-0.05, 0) is 44.3 Å². The Bertz CT molecular complexity index is 623. The number of Topliss-reactive ketones (excluding diaryl/α,β-unsaturated/α-hetero) is 1. The first-order valence-corrected chi connectivity index (χ1v) is 10.4. The van der Waals surface area contributed by atoms with Crippen LogP contribution in [-0.4, -0.2) is 55.0 Å². The van der Waals surface area contributed by atoms with Crippen molar-refractivity contribution in [1.29, 1.82) is 0 Å². The van der Waals surface area contributed by atoms with Crippen molar-refractivity contribution in [3.8, 4) is 0 Å². The monoisotopic (exact) mass is 422 g/mol. The van der Waals surface area contributed by atoms with Gasteiger partial charge in [-0.2, -0.15) is 0 Å². The summed E-state index contributed by atoms with van der Waals surface area (Å²) in [6, 6.07) is 9.21. The first kappa shape index (κ1) is 27.7. The first-order chi connectivity index (χ1) is 14.3. The lowest BCUT2D eigenvalue weighted by Gasteiger charge is -2.19. The highest BCUT2D eigenvalue weighted by Crippen LogP contribution is 2.11. The van der Waals surface area contributed by atoms with Gasteiger partial charge in [0.1, 0.15) is 0 Å². The van der Waals surface area contributed by atoms with Gasteiger partial charge in [-0.1, -0.05) is 44.2 Å². The number of nitrogens with one attached hydrogen (secondary N) is 2. The molecule has 1 aromatic rings. The Kier molecular flexibility index (Phi) is 15.2. The topological polar surface area (TPSA) is 148 Å². The summed E-state index contributed by atoms with van der Waals surface area (Å²) in [7, 11) is 0. The van der Waals surface area contributed by atoms with Crippen LogP contribution in [0.25, 0.3) is 0 Å². The van der Waals surface area contributed by atoms with E-state index in [-0.39, 0.29) is 43.1 Å². The lowest BCUT2D eigenvalue weighted by molar-refractivity contribution is -0.130. The van der Waals surface area contributed by atoms with E-state index in [9.17, 15) is 14.4 Å². The normalized spacial score (nSPS) is 12.4. The molecule has 0 spiro atoms. The Morgan fingerprint density at radius 2 is 1.67 bits per heavy atom. The third-order valence-electron chi connectivity index (χ3n) is 4.32. The van der Waals surface area contributed by atoms with Crippen LogP contribution in [0.3, 0.4) is 0 Å². The van der Waals surface area contributed by atoms with Gasteiger partial charge in [-0.25, -0.2) is 0 Å². The summed E-state index contributed by atoms with van der Waals surface area (Å²) in [4.78, 5) is 36.3. The van der Waals surface area contributed by atoms with Crippen LogP contribution < -0.4 is 22.1 Å². The number of benzene rings is 1. The van der Waals surface area contributed by atoms with E-state index >= 15 is 0 Å². The lowest BCUT2D eigenvalue weighted by Crippen LogP contribution is -2.47. The van der Waals surface area contributed by atoms with E-state index in [1.807, 2.05) is 30.3 Å². The molecule has 0 aliphatic heterocycles. The van der Waals surface area contributed by atoms with Gasteiger partial charge in [-0.15, -0.1) is 0 Å². The van der Waals surface area contributed by atoms with Crippen molar-refractivity contribution in [1.82, 2.24) is 10.6 Å². The second-order valence-electron chi connectivity index (χ2n) is 7.34. The molecule has 8 nitrogen and oxygen atoms in total. The molecule has 2 atom stereocenters. The second kappa shape index (κ2) is 16.5. The summed E-state index contributed by atoms with van der Waals surface area (Å²) < 4.78 is 0. The Hall–Kier alpha value is -2.29. The van der Waals surface area contributed by atoms with Gasteiger partial charge in [-0.3, -0.25) is 14.4 Å². The van der Waals surface area contributed by atoms with Crippen LogP contribution in [-0.2, 0) is 20.8 Å². The van der Waals surface area contributed by atoms with Crippen molar-refractivity contribution < 1.29 is 19.5 Å². The smallest absolute Gasteiger partial charge is 0.239 e. The average Bonchev–Trinajstić information content (AvgIpc) is 2.72. The number of amides is 2. The van der Waals surface area contributed by atoms with Gasteiger partial charge < -0.3 is 27.2 Å². The predicted molar refractivity (Wildman–Crippen MR) is 119 cm³/mol. The molecule has 2 amide bonds. The first-order valence-electron chi connectivity index (χ1n) is 10.4. The van der Waals surface area contributed by atoms with Crippen LogP contribution in [0.2, 0.25) is 0 Å². The molecule has 170 valence electrons. The zero-order valence-corrected chi connectivity index (χ0v) is 18.4. The third kappa shape index (κ3) is 12.3. The number of carbonyl (C=O) groups excluding carboxylic acids is 3. The van der Waals surface area contributed by atoms with Crippen molar-refractivity contribution in [2.75, 3.05) is 26.2 Å². The minimum atomic E-state index is -0.616. The number of hydrogen-bond acceptors (Lipinski definition) is 6. The van der Waals surface area contributed by atoms with Crippen LogP contribution in [0.15, 0.2) is 30.3 Å². The molecule has 30 heavy (non-hydrogen) atoms. The number of rotatable bonds is 12. The van der Waals surface area contributed by atoms with Crippen molar-refractivity contribution in [2.45, 2.75) is 46.1 Å². The third-order valence-corrected chi connectivity index (χ3v) is 4.32. The highest BCUT2D eigenvalue weighted by atomic mass is 16.2. The summed E-state index contributed by atoms with van der Waals surface area (Å²) in [5.74, 6) is -0.890. The molecule has 0 aromatic heterocycles. The fraction of sp³-hybridized carbons (Fsp3) is 0.591. The van der Waals surface area contributed by atoms with Gasteiger partial charge in [0.2, 0.25) is 11.8 Å². The van der Waals surface area contributed by atoms with Crippen LogP contribution in [0, 0.1) is 11.8 Å². The van der Waals surface area contributed by atoms with Crippen molar-refractivity contribution in [3.05, 3.63) is 35.9 Å². The van der Waals surface area contributed by atoms with E-state index in [1.54, 1.807) is 20.8 Å². The second-order valence-corrected chi connectivity index (χ2v) is 7.34. The highest BCUT2D eigenvalue weighted by molar-refractivity contribution is 5.91. The number of aliphatic hydroxyl groups is 1. The quantitative estimate of drug-likeness (QED) is 0.329. The Morgan fingerprint density at radius 3 is 2.17 bits per heavy atom. The van der Waals surface area contributed by atoms with Crippen molar-refractivity contribution >= 4 is 17.6 Å². The standard InChI is InChI=1S/C20H32N4O3.C2H6O/c1-14(2)20(27)17(8-9-21)24-19(26)13-23-18(25)11-16(12-22)10-15-6-4-3-5-7-15;1-2-3/h3-7,14,16-17H,8-13,21-22H2,1-2H3,(H,23,25)(H,24,26);3H,2H2,1H3. The summed E-state index contributed by atoms with van der Waals surface area (Å²) in [6.45, 7) is 6.00. The van der Waals surface area contributed by atoms with Gasteiger partial charge >= 0.3 is 0 Å². The fourth-order valence-corrected chi connectivity index (χ4v) is 2.80. The van der Waals surface area contributed by atoms with E-state index in [1.165, 1.54) is 0 Å². The minimum absolute atomic E-state index is 0.00275. The molecule has 0 fully saturated rings. The Labute approximate surface area is 179 Å². The molecule has 2 unspecified atom stereocenters. The number of carbonyl (C=O) groups is 3. The SMILES string of the molecule is CC(C)C(=O)C(CCN)NC(=O)CNC(=O)CC(CN)Cc1ccccc1.CCO. The summed E-state index contributed by atoms with van der Waals surface area (Å²) >= 11 is 0. The predicted octanol–water partition coefficient (Wildman–Crippen LogP) is 0.368. The van der Waals surface area contributed by atoms with E-state index in [4.69, 9.17) is 16.6 Å².